The molecule has 3 aromatic carbocycles. The number of halogens is 1. The Labute approximate surface area is 233 Å². The van der Waals surface area contributed by atoms with Crippen LogP contribution in [-0.4, -0.2) is 44.0 Å². The number of hydrogen-bond donors (Lipinski definition) is 2. The van der Waals surface area contributed by atoms with Crippen molar-refractivity contribution in [3.63, 3.8) is 0 Å². The Balaban J connectivity index is 0.000000423. The van der Waals surface area contributed by atoms with Crippen LogP contribution in [0.4, 0.5) is 5.69 Å². The van der Waals surface area contributed by atoms with Crippen molar-refractivity contribution in [2.75, 3.05) is 38.5 Å². The third-order valence-electron chi connectivity index (χ3n) is 5.92. The van der Waals surface area contributed by atoms with Crippen molar-refractivity contribution in [1.29, 1.82) is 5.26 Å². The molecule has 0 bridgehead atoms. The molecule has 0 saturated carbocycles. The van der Waals surface area contributed by atoms with Gasteiger partial charge in [0, 0.05) is 43.8 Å². The average molecular weight is 531 g/mol. The van der Waals surface area contributed by atoms with E-state index in [1.54, 1.807) is 12.1 Å². The van der Waals surface area contributed by atoms with Crippen LogP contribution < -0.4 is 10.6 Å². The van der Waals surface area contributed by atoms with E-state index in [2.05, 4.69) is 54.5 Å². The zero-order chi connectivity index (χ0) is 27.8. The fraction of sp³-hybridized carbons (Fsp3) is 0.312. The molecular weight excluding hydrogens is 492 g/mol. The first-order chi connectivity index (χ1) is 18.4. The van der Waals surface area contributed by atoms with Gasteiger partial charge in [-0.2, -0.15) is 5.26 Å². The summed E-state index contributed by atoms with van der Waals surface area (Å²) in [7, 11) is 1.88. The lowest BCUT2D eigenvalue weighted by Gasteiger charge is -2.21. The zero-order valence-corrected chi connectivity index (χ0v) is 23.5. The minimum absolute atomic E-state index is 0.161. The summed E-state index contributed by atoms with van der Waals surface area (Å²) in [5, 5.41) is 16.1. The van der Waals surface area contributed by atoms with Gasteiger partial charge in [-0.3, -0.25) is 4.79 Å². The molecular formula is C32H39ClN4O. The maximum atomic E-state index is 12.4. The highest BCUT2D eigenvalue weighted by Crippen LogP contribution is 2.21. The van der Waals surface area contributed by atoms with Crippen LogP contribution >= 0.6 is 11.6 Å². The Bertz CT molecular complexity index is 1180. The number of carbonyl (C=O) groups excluding carboxylic acids is 1. The molecule has 5 nitrogen and oxygen atoms in total. The normalized spacial score (nSPS) is 10.1. The van der Waals surface area contributed by atoms with Crippen LogP contribution in [0.1, 0.15) is 36.5 Å². The number of nitrogens with zero attached hydrogens (tertiary/aromatic N) is 2. The molecule has 3 aromatic rings. The summed E-state index contributed by atoms with van der Waals surface area (Å²) in [6.45, 7) is 10.8. The lowest BCUT2D eigenvalue weighted by molar-refractivity contribution is -0.130. The van der Waals surface area contributed by atoms with Crippen molar-refractivity contribution >= 4 is 23.2 Å². The van der Waals surface area contributed by atoms with Crippen LogP contribution in [0.2, 0.25) is 5.02 Å². The van der Waals surface area contributed by atoms with Gasteiger partial charge in [-0.25, -0.2) is 0 Å². The van der Waals surface area contributed by atoms with Gasteiger partial charge in [0.15, 0.2) is 0 Å². The molecule has 0 aliphatic carbocycles. The van der Waals surface area contributed by atoms with Gasteiger partial charge in [-0.05, 0) is 78.9 Å². The van der Waals surface area contributed by atoms with Crippen molar-refractivity contribution in [2.45, 2.75) is 33.1 Å². The molecule has 0 radical (unpaired) electrons. The lowest BCUT2D eigenvalue weighted by Crippen LogP contribution is -2.35. The van der Waals surface area contributed by atoms with Gasteiger partial charge < -0.3 is 15.5 Å². The third-order valence-corrected chi connectivity index (χ3v) is 6.14. The summed E-state index contributed by atoms with van der Waals surface area (Å²) in [5.41, 5.74) is 6.21. The Kier molecular flexibility index (Phi) is 13.7. The summed E-state index contributed by atoms with van der Waals surface area (Å²) < 4.78 is 0. The Hall–Kier alpha value is -3.59. The SMILES string of the molecule is C=CCN(CCc1ccc(-c2cccc(C#N)c2)cc1)C(=O)CCNCCC.CNc1cc(C)cc(Cl)c1. The summed E-state index contributed by atoms with van der Waals surface area (Å²) in [6, 6.07) is 24.0. The molecule has 0 unspecified atom stereocenters. The van der Waals surface area contributed by atoms with E-state index in [-0.39, 0.29) is 5.91 Å². The number of rotatable bonds is 12. The van der Waals surface area contributed by atoms with Crippen LogP contribution in [0.25, 0.3) is 11.1 Å². The molecule has 0 aliphatic heterocycles. The summed E-state index contributed by atoms with van der Waals surface area (Å²) in [6.07, 6.45) is 4.17. The predicted molar refractivity (Wildman–Crippen MR) is 161 cm³/mol. The number of aryl methyl sites for hydroxylation is 1. The van der Waals surface area contributed by atoms with E-state index in [0.29, 0.717) is 25.1 Å². The van der Waals surface area contributed by atoms with Crippen molar-refractivity contribution < 1.29 is 4.79 Å². The fourth-order valence-electron chi connectivity index (χ4n) is 3.91. The Morgan fingerprint density at radius 1 is 1.08 bits per heavy atom. The second-order valence-electron chi connectivity index (χ2n) is 9.04. The van der Waals surface area contributed by atoms with E-state index in [0.717, 1.165) is 47.8 Å². The van der Waals surface area contributed by atoms with Crippen molar-refractivity contribution in [1.82, 2.24) is 10.2 Å². The van der Waals surface area contributed by atoms with Gasteiger partial charge >= 0.3 is 0 Å². The molecule has 0 fully saturated rings. The van der Waals surface area contributed by atoms with Crippen molar-refractivity contribution in [2.24, 2.45) is 0 Å². The molecule has 6 heteroatoms. The second-order valence-corrected chi connectivity index (χ2v) is 9.47. The topological polar surface area (TPSA) is 68.2 Å². The molecule has 2 N–H and O–H groups in total. The summed E-state index contributed by atoms with van der Waals surface area (Å²) in [4.78, 5) is 14.3. The molecule has 3 rings (SSSR count). The lowest BCUT2D eigenvalue weighted by atomic mass is 10.0. The number of nitrogens with one attached hydrogen (secondary N) is 2. The van der Waals surface area contributed by atoms with E-state index in [1.165, 1.54) is 11.1 Å². The summed E-state index contributed by atoms with van der Waals surface area (Å²) in [5.74, 6) is 0.161. The maximum absolute atomic E-state index is 12.4. The van der Waals surface area contributed by atoms with E-state index in [9.17, 15) is 4.79 Å². The van der Waals surface area contributed by atoms with Gasteiger partial charge in [-0.1, -0.05) is 61.0 Å². The van der Waals surface area contributed by atoms with Gasteiger partial charge in [-0.15, -0.1) is 6.58 Å². The highest BCUT2D eigenvalue weighted by Gasteiger charge is 2.11. The Morgan fingerprint density at radius 2 is 1.84 bits per heavy atom. The van der Waals surface area contributed by atoms with Crippen molar-refractivity contribution in [3.05, 3.63) is 101 Å². The van der Waals surface area contributed by atoms with E-state index < -0.39 is 0 Å². The van der Waals surface area contributed by atoms with E-state index in [1.807, 2.05) is 55.3 Å². The molecule has 0 spiro atoms. The first-order valence-electron chi connectivity index (χ1n) is 13.0. The highest BCUT2D eigenvalue weighted by atomic mass is 35.5. The molecule has 0 saturated heterocycles. The second kappa shape index (κ2) is 17.0. The van der Waals surface area contributed by atoms with Gasteiger partial charge in [0.2, 0.25) is 5.91 Å². The average Bonchev–Trinajstić information content (AvgIpc) is 2.93. The molecule has 1 amide bonds. The smallest absolute Gasteiger partial charge is 0.224 e. The van der Waals surface area contributed by atoms with Crippen LogP contribution in [-0.2, 0) is 11.2 Å². The molecule has 38 heavy (non-hydrogen) atoms. The monoisotopic (exact) mass is 530 g/mol. The molecule has 0 atom stereocenters. The molecule has 200 valence electrons. The van der Waals surface area contributed by atoms with Crippen molar-refractivity contribution in [3.8, 4) is 17.2 Å². The van der Waals surface area contributed by atoms with Gasteiger partial charge in [0.1, 0.15) is 0 Å². The van der Waals surface area contributed by atoms with Crippen LogP contribution in [0.5, 0.6) is 0 Å². The number of amides is 1. The fourth-order valence-corrected chi connectivity index (χ4v) is 4.20. The van der Waals surface area contributed by atoms with E-state index >= 15 is 0 Å². The quantitative estimate of drug-likeness (QED) is 0.198. The van der Waals surface area contributed by atoms with Crippen LogP contribution in [0.15, 0.2) is 79.4 Å². The standard InChI is InChI=1S/C24H29N3O.C8H10ClN/c1-3-14-26-15-12-24(28)27(16-4-2)17-13-20-8-10-22(11-9-20)23-7-5-6-21(18-23)19-25;1-6-3-7(9)5-8(4-6)10-2/h4-11,18,26H,2-3,12-17H2,1H3;3-5,10H,1-2H3. The number of nitriles is 1. The maximum Gasteiger partial charge on any atom is 0.224 e. The first kappa shape index (κ1) is 30.6. The predicted octanol–water partition coefficient (Wildman–Crippen LogP) is 6.86. The zero-order valence-electron chi connectivity index (χ0n) is 22.8. The number of hydrogen-bond acceptors (Lipinski definition) is 4. The van der Waals surface area contributed by atoms with E-state index in [4.69, 9.17) is 16.9 Å². The van der Waals surface area contributed by atoms with Crippen LogP contribution in [0, 0.1) is 18.3 Å². The molecule has 0 aliphatic rings. The minimum Gasteiger partial charge on any atom is -0.388 e. The number of carbonyl (C=O) groups is 1. The minimum atomic E-state index is 0.161. The highest BCUT2D eigenvalue weighted by molar-refractivity contribution is 6.30. The molecule has 0 aromatic heterocycles. The summed E-state index contributed by atoms with van der Waals surface area (Å²) >= 11 is 5.79. The van der Waals surface area contributed by atoms with Gasteiger partial charge in [0.25, 0.3) is 0 Å². The largest absolute Gasteiger partial charge is 0.388 e. The van der Waals surface area contributed by atoms with Crippen LogP contribution in [0.3, 0.4) is 0 Å². The Morgan fingerprint density at radius 3 is 2.47 bits per heavy atom. The third kappa shape index (κ3) is 10.8. The number of benzene rings is 3. The number of anilines is 1. The first-order valence-corrected chi connectivity index (χ1v) is 13.4. The van der Waals surface area contributed by atoms with Gasteiger partial charge in [0.05, 0.1) is 11.6 Å². The molecule has 0 heterocycles.